The average Bonchev–Trinajstić information content (AvgIpc) is 2.59. The van der Waals surface area contributed by atoms with E-state index in [0.717, 1.165) is 11.8 Å². The molecule has 2 fully saturated rings. The maximum Gasteiger partial charge on any atom is 0.108 e. The van der Waals surface area contributed by atoms with Crippen molar-refractivity contribution in [3.05, 3.63) is 0 Å². The van der Waals surface area contributed by atoms with Crippen LogP contribution in [-0.4, -0.2) is 29.9 Å². The molecule has 1 saturated carbocycles. The lowest BCUT2D eigenvalue weighted by molar-refractivity contribution is 0.296. The van der Waals surface area contributed by atoms with Gasteiger partial charge in [0.2, 0.25) is 0 Å². The van der Waals surface area contributed by atoms with Crippen LogP contribution in [0.2, 0.25) is 0 Å². The Balaban J connectivity index is 1.95. The summed E-state index contributed by atoms with van der Waals surface area (Å²) in [6, 6.07) is 0.153. The van der Waals surface area contributed by atoms with E-state index in [1.807, 2.05) is 0 Å². The molecule has 1 heterocycles. The zero-order valence-corrected chi connectivity index (χ0v) is 9.00. The van der Waals surface area contributed by atoms with E-state index in [1.165, 1.54) is 38.8 Å². The van der Waals surface area contributed by atoms with Crippen LogP contribution >= 0.6 is 0 Å². The zero-order chi connectivity index (χ0) is 10.1. The maximum atomic E-state index is 7.46. The smallest absolute Gasteiger partial charge is 0.108 e. The van der Waals surface area contributed by atoms with E-state index >= 15 is 0 Å². The monoisotopic (exact) mass is 195 g/mol. The molecule has 3 atom stereocenters. The molecule has 1 aliphatic carbocycles. The van der Waals surface area contributed by atoms with Gasteiger partial charge in [0.15, 0.2) is 0 Å². The van der Waals surface area contributed by atoms with Gasteiger partial charge in [0.1, 0.15) is 5.84 Å². The second-order valence-corrected chi connectivity index (χ2v) is 4.89. The molecule has 2 rings (SSSR count). The first-order chi connectivity index (χ1) is 6.68. The van der Waals surface area contributed by atoms with Gasteiger partial charge < -0.3 is 5.73 Å². The Morgan fingerprint density at radius 1 is 1.29 bits per heavy atom. The molecular formula is C11H21N3. The van der Waals surface area contributed by atoms with Gasteiger partial charge in [0.05, 0.1) is 6.04 Å². The summed E-state index contributed by atoms with van der Waals surface area (Å²) in [6.45, 7) is 4.40. The Hall–Kier alpha value is -0.570. The number of rotatable bonds is 2. The minimum absolute atomic E-state index is 0.153. The van der Waals surface area contributed by atoms with E-state index in [0.29, 0.717) is 5.84 Å². The highest BCUT2D eigenvalue weighted by molar-refractivity contribution is 5.82. The fraction of sp³-hybridized carbons (Fsp3) is 0.909. The molecular weight excluding hydrogens is 174 g/mol. The summed E-state index contributed by atoms with van der Waals surface area (Å²) < 4.78 is 0. The van der Waals surface area contributed by atoms with E-state index in [4.69, 9.17) is 11.1 Å². The molecule has 3 N–H and O–H groups in total. The minimum Gasteiger partial charge on any atom is -0.386 e. The van der Waals surface area contributed by atoms with Crippen LogP contribution in [-0.2, 0) is 0 Å². The van der Waals surface area contributed by atoms with E-state index in [-0.39, 0.29) is 6.04 Å². The van der Waals surface area contributed by atoms with Gasteiger partial charge in [-0.15, -0.1) is 0 Å². The molecule has 0 aromatic rings. The molecule has 14 heavy (non-hydrogen) atoms. The molecule has 80 valence electrons. The van der Waals surface area contributed by atoms with Crippen molar-refractivity contribution >= 4 is 5.84 Å². The number of likely N-dealkylation sites (tertiary alicyclic amines) is 1. The molecule has 1 saturated heterocycles. The van der Waals surface area contributed by atoms with Crippen molar-refractivity contribution < 1.29 is 0 Å². The number of hydrogen-bond donors (Lipinski definition) is 2. The predicted octanol–water partition coefficient (Wildman–Crippen LogP) is 1.43. The summed E-state index contributed by atoms with van der Waals surface area (Å²) in [5, 5.41) is 7.46. The Bertz CT molecular complexity index is 213. The second-order valence-electron chi connectivity index (χ2n) is 4.89. The second kappa shape index (κ2) is 3.89. The lowest BCUT2D eigenvalue weighted by atomic mass is 9.82. The fourth-order valence-corrected chi connectivity index (χ4v) is 2.96. The lowest BCUT2D eigenvalue weighted by Crippen LogP contribution is -2.41. The van der Waals surface area contributed by atoms with E-state index in [9.17, 15) is 0 Å². The molecule has 1 aliphatic heterocycles. The van der Waals surface area contributed by atoms with Crippen molar-refractivity contribution in [2.75, 3.05) is 13.1 Å². The molecule has 3 unspecified atom stereocenters. The highest BCUT2D eigenvalue weighted by Crippen LogP contribution is 2.36. The van der Waals surface area contributed by atoms with Crippen molar-refractivity contribution in [1.82, 2.24) is 4.90 Å². The first-order valence-electron chi connectivity index (χ1n) is 5.76. The van der Waals surface area contributed by atoms with Crippen molar-refractivity contribution in [2.24, 2.45) is 17.6 Å². The molecule has 0 spiro atoms. The first-order valence-corrected chi connectivity index (χ1v) is 5.76. The summed E-state index contributed by atoms with van der Waals surface area (Å²) in [5.74, 6) is 2.11. The SMILES string of the molecule is CC(C(=N)N)N1CC2CCCCC2C1. The topological polar surface area (TPSA) is 53.1 Å². The number of nitrogens with two attached hydrogens (primary N) is 1. The van der Waals surface area contributed by atoms with Crippen molar-refractivity contribution in [2.45, 2.75) is 38.6 Å². The molecule has 3 heteroatoms. The van der Waals surface area contributed by atoms with Crippen molar-refractivity contribution in [1.29, 1.82) is 5.41 Å². The number of amidine groups is 1. The van der Waals surface area contributed by atoms with Crippen LogP contribution < -0.4 is 5.73 Å². The van der Waals surface area contributed by atoms with E-state index in [2.05, 4.69) is 11.8 Å². The Kier molecular flexibility index (Phi) is 2.77. The van der Waals surface area contributed by atoms with Crippen LogP contribution in [0.15, 0.2) is 0 Å². The van der Waals surface area contributed by atoms with Crippen LogP contribution in [0.3, 0.4) is 0 Å². The molecule has 0 radical (unpaired) electrons. The zero-order valence-electron chi connectivity index (χ0n) is 9.00. The van der Waals surface area contributed by atoms with Gasteiger partial charge in [0.25, 0.3) is 0 Å². The average molecular weight is 195 g/mol. The summed E-state index contributed by atoms with van der Waals surface area (Å²) in [7, 11) is 0. The van der Waals surface area contributed by atoms with Gasteiger partial charge in [-0.3, -0.25) is 10.3 Å². The Morgan fingerprint density at radius 2 is 1.79 bits per heavy atom. The summed E-state index contributed by atoms with van der Waals surface area (Å²) in [5.41, 5.74) is 5.55. The number of nitrogens with one attached hydrogen (secondary N) is 1. The fourth-order valence-electron chi connectivity index (χ4n) is 2.96. The van der Waals surface area contributed by atoms with E-state index in [1.54, 1.807) is 0 Å². The van der Waals surface area contributed by atoms with Gasteiger partial charge in [-0.2, -0.15) is 0 Å². The minimum atomic E-state index is 0.153. The molecule has 0 amide bonds. The molecule has 0 aromatic carbocycles. The standard InChI is InChI=1S/C11H21N3/c1-8(11(12)13)14-6-9-4-2-3-5-10(9)7-14/h8-10H,2-7H2,1H3,(H3,12,13). The van der Waals surface area contributed by atoms with Crippen LogP contribution in [0.25, 0.3) is 0 Å². The Labute approximate surface area is 86.2 Å². The van der Waals surface area contributed by atoms with E-state index < -0.39 is 0 Å². The maximum absolute atomic E-state index is 7.46. The summed E-state index contributed by atoms with van der Waals surface area (Å²) >= 11 is 0. The van der Waals surface area contributed by atoms with Gasteiger partial charge in [-0.25, -0.2) is 0 Å². The normalized spacial score (nSPS) is 35.2. The number of hydrogen-bond acceptors (Lipinski definition) is 2. The number of nitrogens with zero attached hydrogens (tertiary/aromatic N) is 1. The van der Waals surface area contributed by atoms with Crippen molar-refractivity contribution in [3.8, 4) is 0 Å². The van der Waals surface area contributed by atoms with Gasteiger partial charge in [-0.1, -0.05) is 12.8 Å². The highest BCUT2D eigenvalue weighted by atomic mass is 15.2. The third-order valence-corrected chi connectivity index (χ3v) is 4.00. The largest absolute Gasteiger partial charge is 0.386 e. The Morgan fingerprint density at radius 3 is 2.21 bits per heavy atom. The third kappa shape index (κ3) is 1.78. The van der Waals surface area contributed by atoms with Crippen LogP contribution in [0.5, 0.6) is 0 Å². The summed E-state index contributed by atoms with van der Waals surface area (Å²) in [6.07, 6.45) is 5.60. The molecule has 3 nitrogen and oxygen atoms in total. The third-order valence-electron chi connectivity index (χ3n) is 4.00. The molecule has 2 aliphatic rings. The summed E-state index contributed by atoms with van der Waals surface area (Å²) in [4.78, 5) is 2.39. The first kappa shape index (κ1) is 9.97. The number of fused-ring (bicyclic) bond motifs is 1. The van der Waals surface area contributed by atoms with Crippen LogP contribution in [0.4, 0.5) is 0 Å². The van der Waals surface area contributed by atoms with Gasteiger partial charge in [0, 0.05) is 13.1 Å². The molecule has 0 bridgehead atoms. The van der Waals surface area contributed by atoms with Crippen molar-refractivity contribution in [3.63, 3.8) is 0 Å². The molecule has 0 aromatic heterocycles. The van der Waals surface area contributed by atoms with Gasteiger partial charge in [-0.05, 0) is 31.6 Å². The van der Waals surface area contributed by atoms with Gasteiger partial charge >= 0.3 is 0 Å². The van der Waals surface area contributed by atoms with Crippen LogP contribution in [0.1, 0.15) is 32.6 Å². The van der Waals surface area contributed by atoms with Crippen LogP contribution in [0, 0.1) is 17.2 Å². The quantitative estimate of drug-likeness (QED) is 0.517. The lowest BCUT2D eigenvalue weighted by Gasteiger charge is -2.23. The highest BCUT2D eigenvalue weighted by Gasteiger charge is 2.36. The predicted molar refractivity (Wildman–Crippen MR) is 58.4 cm³/mol.